The fraction of sp³-hybridized carbons (Fsp3) is 0.478. The number of fused-ring (bicyclic) bond motifs is 1. The number of hydrogen-bond acceptors (Lipinski definition) is 7. The van der Waals surface area contributed by atoms with E-state index in [4.69, 9.17) is 27.1 Å². The van der Waals surface area contributed by atoms with Crippen LogP contribution in [0.1, 0.15) is 44.6 Å². The second kappa shape index (κ2) is 9.71. The number of ether oxygens (including phenoxy) is 1. The first kappa shape index (κ1) is 22.8. The minimum absolute atomic E-state index is 0.0242. The van der Waals surface area contributed by atoms with Crippen LogP contribution in [0.5, 0.6) is 0 Å². The van der Waals surface area contributed by atoms with Crippen LogP contribution >= 0.6 is 11.6 Å². The quantitative estimate of drug-likeness (QED) is 0.477. The number of amides is 1. The zero-order chi connectivity index (χ0) is 23.7. The van der Waals surface area contributed by atoms with Crippen molar-refractivity contribution in [2.75, 3.05) is 23.8 Å². The molecule has 34 heavy (non-hydrogen) atoms. The second-order valence-electron chi connectivity index (χ2n) is 8.90. The van der Waals surface area contributed by atoms with E-state index in [1.54, 1.807) is 6.20 Å². The minimum atomic E-state index is -0.437. The van der Waals surface area contributed by atoms with Crippen LogP contribution in [-0.4, -0.2) is 44.7 Å². The van der Waals surface area contributed by atoms with E-state index in [2.05, 4.69) is 20.6 Å². The highest BCUT2D eigenvalue weighted by Gasteiger charge is 2.29. The van der Waals surface area contributed by atoms with Crippen molar-refractivity contribution < 1.29 is 13.9 Å². The summed E-state index contributed by atoms with van der Waals surface area (Å²) in [7, 11) is 0. The van der Waals surface area contributed by atoms with Crippen molar-refractivity contribution in [1.29, 1.82) is 0 Å². The van der Waals surface area contributed by atoms with Gasteiger partial charge in [0.15, 0.2) is 5.65 Å². The maximum absolute atomic E-state index is 14.5. The largest absolute Gasteiger partial charge is 0.381 e. The van der Waals surface area contributed by atoms with E-state index in [-0.39, 0.29) is 29.6 Å². The fourth-order valence-electron chi connectivity index (χ4n) is 4.75. The highest BCUT2D eigenvalue weighted by atomic mass is 35.5. The standard InChI is InChI=1S/C23H27ClFN7O2/c24-14-3-6-17(25)18(11-14)29-23-30-19-12-27-22(28-15-7-9-34-10-8-15)31-21(19)32(23)16-4-1-13(2-5-16)20(26)33/h3,6,11-13,15-16H,1-2,4-5,7-10H2,(H2,26,33)(H,29,30)(H,27,28,31)/t13-,16-. The molecule has 0 atom stereocenters. The van der Waals surface area contributed by atoms with Crippen LogP contribution in [0.15, 0.2) is 24.4 Å². The van der Waals surface area contributed by atoms with Crippen LogP contribution < -0.4 is 16.4 Å². The molecule has 1 aliphatic carbocycles. The Morgan fingerprint density at radius 3 is 2.65 bits per heavy atom. The summed E-state index contributed by atoms with van der Waals surface area (Å²) in [5.74, 6) is 0.142. The molecule has 4 N–H and O–H groups in total. The maximum Gasteiger partial charge on any atom is 0.224 e. The third-order valence-corrected chi connectivity index (χ3v) is 6.86. The van der Waals surface area contributed by atoms with E-state index in [0.29, 0.717) is 54.1 Å². The van der Waals surface area contributed by atoms with E-state index >= 15 is 0 Å². The van der Waals surface area contributed by atoms with Gasteiger partial charge in [0, 0.05) is 36.2 Å². The number of imidazole rings is 1. The predicted molar refractivity (Wildman–Crippen MR) is 128 cm³/mol. The van der Waals surface area contributed by atoms with Crippen molar-refractivity contribution >= 4 is 46.3 Å². The number of primary amides is 1. The monoisotopic (exact) mass is 487 g/mol. The van der Waals surface area contributed by atoms with E-state index in [1.165, 1.54) is 18.2 Å². The number of nitrogens with one attached hydrogen (secondary N) is 2. The van der Waals surface area contributed by atoms with Crippen molar-refractivity contribution in [3.8, 4) is 0 Å². The molecule has 2 aromatic heterocycles. The number of carbonyl (C=O) groups is 1. The molecule has 0 spiro atoms. The molecular weight excluding hydrogens is 461 g/mol. The lowest BCUT2D eigenvalue weighted by molar-refractivity contribution is -0.122. The predicted octanol–water partition coefficient (Wildman–Crippen LogP) is 4.17. The van der Waals surface area contributed by atoms with Crippen molar-refractivity contribution in [3.63, 3.8) is 0 Å². The van der Waals surface area contributed by atoms with Crippen LogP contribution in [0.4, 0.5) is 22.0 Å². The van der Waals surface area contributed by atoms with Gasteiger partial charge in [-0.3, -0.25) is 9.36 Å². The third kappa shape index (κ3) is 4.78. The number of nitrogens with zero attached hydrogens (tertiary/aromatic N) is 4. The van der Waals surface area contributed by atoms with Gasteiger partial charge in [0.1, 0.15) is 11.3 Å². The van der Waals surface area contributed by atoms with E-state index in [9.17, 15) is 9.18 Å². The van der Waals surface area contributed by atoms with E-state index in [1.807, 2.05) is 4.57 Å². The number of halogens is 2. The lowest BCUT2D eigenvalue weighted by Crippen LogP contribution is -2.29. The number of benzene rings is 1. The molecule has 9 nitrogen and oxygen atoms in total. The summed E-state index contributed by atoms with van der Waals surface area (Å²) in [5, 5.41) is 6.91. The number of rotatable bonds is 6. The minimum Gasteiger partial charge on any atom is -0.381 e. The summed E-state index contributed by atoms with van der Waals surface area (Å²) < 4.78 is 21.9. The molecule has 180 valence electrons. The highest BCUT2D eigenvalue weighted by Crippen LogP contribution is 2.37. The Kier molecular flexibility index (Phi) is 6.51. The average molecular weight is 488 g/mol. The van der Waals surface area contributed by atoms with Gasteiger partial charge in [0.25, 0.3) is 0 Å². The Labute approximate surface area is 201 Å². The maximum atomic E-state index is 14.5. The van der Waals surface area contributed by atoms with E-state index in [0.717, 1.165) is 25.7 Å². The molecule has 1 saturated carbocycles. The van der Waals surface area contributed by atoms with Gasteiger partial charge < -0.3 is 21.1 Å². The van der Waals surface area contributed by atoms with Gasteiger partial charge in [-0.05, 0) is 56.7 Å². The first-order valence-electron chi connectivity index (χ1n) is 11.6. The summed E-state index contributed by atoms with van der Waals surface area (Å²) in [6, 6.07) is 4.60. The molecule has 0 bridgehead atoms. The summed E-state index contributed by atoms with van der Waals surface area (Å²) in [6.07, 6.45) is 6.29. The number of carbonyl (C=O) groups excluding carboxylic acids is 1. The lowest BCUT2D eigenvalue weighted by Gasteiger charge is -2.29. The molecular formula is C23H27ClFN7O2. The fourth-order valence-corrected chi connectivity index (χ4v) is 4.92. The topological polar surface area (TPSA) is 120 Å². The van der Waals surface area contributed by atoms with Crippen LogP contribution in [0.2, 0.25) is 5.02 Å². The van der Waals surface area contributed by atoms with Crippen LogP contribution in [0.3, 0.4) is 0 Å². The molecule has 3 aromatic rings. The highest BCUT2D eigenvalue weighted by molar-refractivity contribution is 6.30. The van der Waals surface area contributed by atoms with Gasteiger partial charge in [0.05, 0.1) is 11.9 Å². The smallest absolute Gasteiger partial charge is 0.224 e. The summed E-state index contributed by atoms with van der Waals surface area (Å²) in [6.45, 7) is 1.42. The molecule has 1 aromatic carbocycles. The van der Waals surface area contributed by atoms with Crippen molar-refractivity contribution in [1.82, 2.24) is 19.5 Å². The number of nitrogens with two attached hydrogens (primary N) is 1. The molecule has 1 saturated heterocycles. The molecule has 1 aliphatic heterocycles. The zero-order valence-corrected chi connectivity index (χ0v) is 19.4. The van der Waals surface area contributed by atoms with Crippen molar-refractivity contribution in [2.24, 2.45) is 11.7 Å². The average Bonchev–Trinajstić information content (AvgIpc) is 3.19. The number of anilines is 3. The van der Waals surface area contributed by atoms with Gasteiger partial charge >= 0.3 is 0 Å². The van der Waals surface area contributed by atoms with Crippen LogP contribution in [0, 0.1) is 11.7 Å². The van der Waals surface area contributed by atoms with Crippen molar-refractivity contribution in [2.45, 2.75) is 50.6 Å². The van der Waals surface area contributed by atoms with Gasteiger partial charge in [-0.2, -0.15) is 4.98 Å². The Hall–Kier alpha value is -2.98. The molecule has 0 unspecified atom stereocenters. The van der Waals surface area contributed by atoms with Gasteiger partial charge in [0.2, 0.25) is 17.8 Å². The number of aromatic nitrogens is 4. The Morgan fingerprint density at radius 1 is 1.15 bits per heavy atom. The molecule has 11 heteroatoms. The third-order valence-electron chi connectivity index (χ3n) is 6.63. The first-order chi connectivity index (χ1) is 16.5. The molecule has 1 amide bonds. The van der Waals surface area contributed by atoms with E-state index < -0.39 is 5.82 Å². The van der Waals surface area contributed by atoms with Crippen molar-refractivity contribution in [3.05, 3.63) is 35.2 Å². The van der Waals surface area contributed by atoms with Gasteiger partial charge in [-0.15, -0.1) is 0 Å². The van der Waals surface area contributed by atoms with Gasteiger partial charge in [-0.1, -0.05) is 11.6 Å². The molecule has 0 radical (unpaired) electrons. The zero-order valence-electron chi connectivity index (χ0n) is 18.6. The normalized spacial score (nSPS) is 21.5. The summed E-state index contributed by atoms with van der Waals surface area (Å²) in [5.41, 5.74) is 7.00. The first-order valence-corrected chi connectivity index (χ1v) is 12.0. The summed E-state index contributed by atoms with van der Waals surface area (Å²) in [4.78, 5) is 25.6. The van der Waals surface area contributed by atoms with Crippen LogP contribution in [-0.2, 0) is 9.53 Å². The number of hydrogen-bond donors (Lipinski definition) is 3. The molecule has 3 heterocycles. The SMILES string of the molecule is NC(=O)[C@H]1CC[C@H](n2c(Nc3cc(Cl)ccc3F)nc3cnc(NC4CCOCC4)nc32)CC1. The Balaban J connectivity index is 1.51. The summed E-state index contributed by atoms with van der Waals surface area (Å²) >= 11 is 6.09. The molecule has 2 aliphatic rings. The lowest BCUT2D eigenvalue weighted by atomic mass is 9.85. The van der Waals surface area contributed by atoms with Crippen LogP contribution in [0.25, 0.3) is 11.2 Å². The molecule has 5 rings (SSSR count). The Morgan fingerprint density at radius 2 is 1.91 bits per heavy atom. The Bertz CT molecular complexity index is 1190. The second-order valence-corrected chi connectivity index (χ2v) is 9.33. The van der Waals surface area contributed by atoms with Gasteiger partial charge in [-0.25, -0.2) is 14.4 Å². The molecule has 2 fully saturated rings.